The van der Waals surface area contributed by atoms with Crippen LogP contribution in [0.1, 0.15) is 24.0 Å². The van der Waals surface area contributed by atoms with Gasteiger partial charge in [-0.25, -0.2) is 20.8 Å². The number of carbonyl (C=O) groups is 1. The smallest absolute Gasteiger partial charge is 0.343 e. The van der Waals surface area contributed by atoms with Gasteiger partial charge in [-0.1, -0.05) is 23.2 Å². The predicted molar refractivity (Wildman–Crippen MR) is 101 cm³/mol. The summed E-state index contributed by atoms with van der Waals surface area (Å²) < 4.78 is 76.8. The topological polar surface area (TPSA) is 75.3 Å². The number of carbonyl (C=O) groups excluding carboxylic acids is 1. The van der Waals surface area contributed by atoms with E-state index in [1.165, 1.54) is 4.90 Å². The Balaban J connectivity index is 1.86. The summed E-state index contributed by atoms with van der Waals surface area (Å²) in [6.07, 6.45) is -7.54. The SMILES string of the molecule is NN(C(=O)C1CCCN1c1ncc(C(F)(F)F)cc1Cl)c1ncc(C(F)(F)F)cc1Cl. The standard InChI is InChI=1S/C17H13Cl2F6N5O/c18-10-4-8(16(20,21)22)6-27-13(10)29-3-1-2-12(29)15(31)30(26)14-11(19)5-9(7-28-14)17(23,24)25/h4-7,12H,1-3,26H2. The van der Waals surface area contributed by atoms with E-state index in [0.717, 1.165) is 0 Å². The van der Waals surface area contributed by atoms with Gasteiger partial charge in [0.15, 0.2) is 5.82 Å². The molecule has 6 nitrogen and oxygen atoms in total. The Morgan fingerprint density at radius 2 is 1.58 bits per heavy atom. The summed E-state index contributed by atoms with van der Waals surface area (Å²) in [5, 5.41) is -0.312. The van der Waals surface area contributed by atoms with Gasteiger partial charge in [-0.2, -0.15) is 26.3 Å². The molecule has 168 valence electrons. The summed E-state index contributed by atoms with van der Waals surface area (Å²) in [4.78, 5) is 21.5. The fourth-order valence-electron chi connectivity index (χ4n) is 3.10. The lowest BCUT2D eigenvalue weighted by molar-refractivity contribution is -0.138. The van der Waals surface area contributed by atoms with Gasteiger partial charge in [-0.05, 0) is 25.0 Å². The van der Waals surface area contributed by atoms with Crippen LogP contribution < -0.4 is 15.8 Å². The first-order valence-electron chi connectivity index (χ1n) is 8.61. The van der Waals surface area contributed by atoms with Crippen LogP contribution in [0.4, 0.5) is 38.0 Å². The molecule has 0 spiro atoms. The van der Waals surface area contributed by atoms with Crippen molar-refractivity contribution in [2.45, 2.75) is 31.2 Å². The van der Waals surface area contributed by atoms with E-state index in [0.29, 0.717) is 36.0 Å². The molecule has 1 fully saturated rings. The van der Waals surface area contributed by atoms with Gasteiger partial charge in [0.1, 0.15) is 11.9 Å². The number of anilines is 2. The minimum Gasteiger partial charge on any atom is -0.343 e. The van der Waals surface area contributed by atoms with Crippen LogP contribution in [-0.2, 0) is 17.1 Å². The minimum absolute atomic E-state index is 0.0506. The van der Waals surface area contributed by atoms with Gasteiger partial charge in [-0.15, -0.1) is 0 Å². The number of alkyl halides is 6. The van der Waals surface area contributed by atoms with Crippen LogP contribution in [0.25, 0.3) is 0 Å². The number of hydrogen-bond acceptors (Lipinski definition) is 5. The Morgan fingerprint density at radius 3 is 2.10 bits per heavy atom. The largest absolute Gasteiger partial charge is 0.417 e. The lowest BCUT2D eigenvalue weighted by Crippen LogP contribution is -2.50. The van der Waals surface area contributed by atoms with Gasteiger partial charge >= 0.3 is 12.4 Å². The molecular weight excluding hydrogens is 475 g/mol. The van der Waals surface area contributed by atoms with Gasteiger partial charge in [-0.3, -0.25) is 4.79 Å². The summed E-state index contributed by atoms with van der Waals surface area (Å²) in [6.45, 7) is 0.247. The van der Waals surface area contributed by atoms with E-state index in [2.05, 4.69) is 9.97 Å². The van der Waals surface area contributed by atoms with Gasteiger partial charge in [0.2, 0.25) is 0 Å². The molecule has 31 heavy (non-hydrogen) atoms. The summed E-state index contributed by atoms with van der Waals surface area (Å²) in [7, 11) is 0. The third kappa shape index (κ3) is 4.80. The van der Waals surface area contributed by atoms with Crippen LogP contribution in [-0.4, -0.2) is 28.5 Å². The molecule has 3 rings (SSSR count). The number of nitrogens with two attached hydrogens (primary N) is 1. The molecule has 2 aromatic rings. The number of aromatic nitrogens is 2. The number of hydrazine groups is 1. The average molecular weight is 488 g/mol. The first-order chi connectivity index (χ1) is 14.3. The van der Waals surface area contributed by atoms with Crippen LogP contribution in [0, 0.1) is 0 Å². The lowest BCUT2D eigenvalue weighted by atomic mass is 10.2. The fourth-order valence-corrected chi connectivity index (χ4v) is 3.63. The molecule has 1 unspecified atom stereocenters. The molecule has 1 aliphatic heterocycles. The first kappa shape index (κ1) is 23.4. The molecule has 1 saturated heterocycles. The van der Waals surface area contributed by atoms with Crippen LogP contribution in [0.3, 0.4) is 0 Å². The van der Waals surface area contributed by atoms with Crippen molar-refractivity contribution < 1.29 is 31.1 Å². The predicted octanol–water partition coefficient (Wildman–Crippen LogP) is 4.70. The molecule has 3 heterocycles. The van der Waals surface area contributed by atoms with E-state index in [9.17, 15) is 31.1 Å². The molecule has 0 saturated carbocycles. The van der Waals surface area contributed by atoms with E-state index >= 15 is 0 Å². The van der Waals surface area contributed by atoms with Crippen molar-refractivity contribution >= 4 is 40.7 Å². The summed E-state index contributed by atoms with van der Waals surface area (Å²) in [6, 6.07) is 0.294. The molecule has 1 atom stereocenters. The molecule has 0 bridgehead atoms. The van der Waals surface area contributed by atoms with Gasteiger partial charge in [0.05, 0.1) is 21.2 Å². The van der Waals surface area contributed by atoms with Gasteiger partial charge in [0.25, 0.3) is 5.91 Å². The van der Waals surface area contributed by atoms with Crippen molar-refractivity contribution in [3.63, 3.8) is 0 Å². The molecule has 14 heteroatoms. The zero-order chi connectivity index (χ0) is 23.1. The number of hydrogen-bond donors (Lipinski definition) is 1. The molecule has 1 aliphatic rings. The highest BCUT2D eigenvalue weighted by molar-refractivity contribution is 6.34. The Morgan fingerprint density at radius 1 is 1.03 bits per heavy atom. The second-order valence-electron chi connectivity index (χ2n) is 6.61. The molecular formula is C17H13Cl2F6N5O. The van der Waals surface area contributed by atoms with Gasteiger partial charge in [0, 0.05) is 18.9 Å². The Bertz CT molecular complexity index is 1000. The van der Waals surface area contributed by atoms with Crippen LogP contribution in [0.15, 0.2) is 24.5 Å². The second-order valence-corrected chi connectivity index (χ2v) is 7.43. The maximum Gasteiger partial charge on any atom is 0.417 e. The monoisotopic (exact) mass is 487 g/mol. The average Bonchev–Trinajstić information content (AvgIpc) is 3.14. The molecule has 2 aromatic heterocycles. The Kier molecular flexibility index (Phi) is 6.27. The normalized spacial score (nSPS) is 17.2. The lowest BCUT2D eigenvalue weighted by Gasteiger charge is -2.29. The molecule has 0 aromatic carbocycles. The number of nitrogens with zero attached hydrogens (tertiary/aromatic N) is 4. The third-order valence-electron chi connectivity index (χ3n) is 4.57. The van der Waals surface area contributed by atoms with E-state index in [4.69, 9.17) is 29.0 Å². The Hall–Kier alpha value is -2.31. The molecule has 0 radical (unpaired) electrons. The zero-order valence-corrected chi connectivity index (χ0v) is 16.8. The number of amides is 1. The minimum atomic E-state index is -4.69. The summed E-state index contributed by atoms with van der Waals surface area (Å²) in [5.74, 6) is 4.52. The maximum absolute atomic E-state index is 12.9. The van der Waals surface area contributed by atoms with Crippen molar-refractivity contribution in [3.05, 3.63) is 45.7 Å². The summed E-state index contributed by atoms with van der Waals surface area (Å²) >= 11 is 11.8. The highest BCUT2D eigenvalue weighted by Crippen LogP contribution is 2.37. The zero-order valence-electron chi connectivity index (χ0n) is 15.3. The third-order valence-corrected chi connectivity index (χ3v) is 5.13. The van der Waals surface area contributed by atoms with E-state index in [1.54, 1.807) is 0 Å². The van der Waals surface area contributed by atoms with Crippen molar-refractivity contribution in [2.24, 2.45) is 5.84 Å². The van der Waals surface area contributed by atoms with Crippen LogP contribution in [0.5, 0.6) is 0 Å². The van der Waals surface area contributed by atoms with Crippen molar-refractivity contribution in [1.82, 2.24) is 9.97 Å². The number of rotatable bonds is 3. The highest BCUT2D eigenvalue weighted by atomic mass is 35.5. The second kappa shape index (κ2) is 8.32. The number of halogens is 8. The van der Waals surface area contributed by atoms with E-state index in [1.807, 2.05) is 0 Å². The first-order valence-corrected chi connectivity index (χ1v) is 9.37. The van der Waals surface area contributed by atoms with Crippen molar-refractivity contribution in [1.29, 1.82) is 0 Å². The maximum atomic E-state index is 12.9. The number of pyridine rings is 2. The molecule has 1 amide bonds. The molecule has 2 N–H and O–H groups in total. The quantitative estimate of drug-likeness (QED) is 0.294. The van der Waals surface area contributed by atoms with Crippen LogP contribution in [0.2, 0.25) is 10.0 Å². The highest BCUT2D eigenvalue weighted by Gasteiger charge is 2.38. The van der Waals surface area contributed by atoms with Gasteiger partial charge < -0.3 is 4.90 Å². The van der Waals surface area contributed by atoms with E-state index in [-0.39, 0.29) is 23.8 Å². The molecule has 0 aliphatic carbocycles. The summed E-state index contributed by atoms with van der Waals surface area (Å²) in [5.41, 5.74) is -2.17. The van der Waals surface area contributed by atoms with Crippen molar-refractivity contribution in [3.8, 4) is 0 Å². The van der Waals surface area contributed by atoms with Crippen LogP contribution >= 0.6 is 23.2 Å². The van der Waals surface area contributed by atoms with Crippen molar-refractivity contribution in [2.75, 3.05) is 16.5 Å². The van der Waals surface area contributed by atoms with E-state index < -0.39 is 46.3 Å². The fraction of sp³-hybridized carbons (Fsp3) is 0.353. The Labute approximate surface area is 181 Å².